The molecule has 5 nitrogen and oxygen atoms in total. The minimum absolute atomic E-state index is 0.0179. The fraction of sp³-hybridized carbons (Fsp3) is 0.154. The Balaban J connectivity index is 2.36. The summed E-state index contributed by atoms with van der Waals surface area (Å²) >= 11 is 2.94. The van der Waals surface area contributed by atoms with Crippen LogP contribution in [0.5, 0.6) is 0 Å². The van der Waals surface area contributed by atoms with E-state index in [4.69, 9.17) is 5.11 Å². The molecule has 0 aliphatic carbocycles. The number of aliphatic carboxylic acids is 1. The zero-order chi connectivity index (χ0) is 14.0. The zero-order valence-electron chi connectivity index (χ0n) is 10.5. The van der Waals surface area contributed by atoms with Gasteiger partial charge in [-0.15, -0.1) is 5.10 Å². The molecule has 1 heterocycles. The lowest BCUT2D eigenvalue weighted by Gasteiger charge is -2.00. The molecule has 0 aliphatic rings. The van der Waals surface area contributed by atoms with Gasteiger partial charge in [0.05, 0.1) is 6.20 Å². The number of nitrogens with zero attached hydrogens (tertiary/aromatic N) is 3. The Kier molecular flexibility index (Phi) is 3.80. The van der Waals surface area contributed by atoms with E-state index in [1.165, 1.54) is 17.2 Å². The predicted molar refractivity (Wildman–Crippen MR) is 75.8 cm³/mol. The van der Waals surface area contributed by atoms with E-state index in [2.05, 4.69) is 32.1 Å². The van der Waals surface area contributed by atoms with Gasteiger partial charge in [0.15, 0.2) is 5.82 Å². The zero-order valence-corrected chi connectivity index (χ0v) is 12.0. The Morgan fingerprint density at radius 2 is 1.95 bits per heavy atom. The van der Waals surface area contributed by atoms with Gasteiger partial charge in [-0.25, -0.2) is 14.5 Å². The second-order valence-electron chi connectivity index (χ2n) is 4.21. The highest BCUT2D eigenvalue weighted by atomic mass is 79.9. The van der Waals surface area contributed by atoms with Crippen molar-refractivity contribution >= 4 is 28.1 Å². The summed E-state index contributed by atoms with van der Waals surface area (Å²) in [6.45, 7) is 4.02. The van der Waals surface area contributed by atoms with Gasteiger partial charge >= 0.3 is 5.97 Å². The van der Waals surface area contributed by atoms with E-state index < -0.39 is 5.97 Å². The maximum Gasteiger partial charge on any atom is 0.344 e. The van der Waals surface area contributed by atoms with Gasteiger partial charge in [-0.05, 0) is 41.9 Å². The molecule has 0 radical (unpaired) electrons. The predicted octanol–water partition coefficient (Wildman–Crippen LogP) is 2.84. The van der Waals surface area contributed by atoms with Crippen molar-refractivity contribution in [2.24, 2.45) is 0 Å². The highest BCUT2D eigenvalue weighted by Gasteiger charge is 2.07. The quantitative estimate of drug-likeness (QED) is 0.883. The minimum Gasteiger partial charge on any atom is -0.477 e. The average Bonchev–Trinajstić information content (AvgIpc) is 2.76. The van der Waals surface area contributed by atoms with Gasteiger partial charge in [-0.2, -0.15) is 0 Å². The minimum atomic E-state index is -1.05. The van der Waals surface area contributed by atoms with E-state index in [-0.39, 0.29) is 4.48 Å². The molecule has 1 N–H and O–H groups in total. The first-order chi connectivity index (χ1) is 8.95. The summed E-state index contributed by atoms with van der Waals surface area (Å²) in [5.74, 6) is -0.489. The van der Waals surface area contributed by atoms with Crippen LogP contribution in [-0.2, 0) is 4.79 Å². The molecule has 0 saturated heterocycles. The SMILES string of the molecule is Cc1cc(C)cc(-c2ncn(/C=C(/Br)C(=O)O)n2)c1. The van der Waals surface area contributed by atoms with Gasteiger partial charge in [0.2, 0.25) is 0 Å². The Morgan fingerprint density at radius 1 is 1.32 bits per heavy atom. The molecular formula is C13H12BrN3O2. The Hall–Kier alpha value is -1.95. The molecule has 1 aromatic carbocycles. The van der Waals surface area contributed by atoms with E-state index in [0.29, 0.717) is 5.82 Å². The second kappa shape index (κ2) is 5.36. The van der Waals surface area contributed by atoms with Crippen LogP contribution in [0.4, 0.5) is 0 Å². The number of hydrogen-bond acceptors (Lipinski definition) is 3. The van der Waals surface area contributed by atoms with E-state index in [9.17, 15) is 4.79 Å². The maximum absolute atomic E-state index is 10.7. The molecule has 0 spiro atoms. The lowest BCUT2D eigenvalue weighted by Crippen LogP contribution is -1.96. The summed E-state index contributed by atoms with van der Waals surface area (Å²) in [4.78, 5) is 14.9. The molecular weight excluding hydrogens is 310 g/mol. The Morgan fingerprint density at radius 3 is 2.53 bits per heavy atom. The topological polar surface area (TPSA) is 68.0 Å². The third-order valence-electron chi connectivity index (χ3n) is 2.44. The van der Waals surface area contributed by atoms with Crippen LogP contribution >= 0.6 is 15.9 Å². The molecule has 0 bridgehead atoms. The van der Waals surface area contributed by atoms with Crippen LogP contribution in [0.15, 0.2) is 29.0 Å². The van der Waals surface area contributed by atoms with Crippen LogP contribution in [0.25, 0.3) is 17.6 Å². The van der Waals surface area contributed by atoms with E-state index in [0.717, 1.165) is 16.7 Å². The summed E-state index contributed by atoms with van der Waals surface area (Å²) < 4.78 is 1.38. The van der Waals surface area contributed by atoms with E-state index >= 15 is 0 Å². The number of carboxylic acid groups (broad SMARTS) is 1. The molecule has 2 rings (SSSR count). The highest BCUT2D eigenvalue weighted by Crippen LogP contribution is 2.18. The number of carboxylic acids is 1. The molecule has 19 heavy (non-hydrogen) atoms. The normalized spacial score (nSPS) is 11.6. The number of benzene rings is 1. The molecule has 0 atom stereocenters. The molecule has 0 unspecified atom stereocenters. The van der Waals surface area contributed by atoms with Crippen LogP contribution in [0, 0.1) is 13.8 Å². The number of aryl methyl sites for hydroxylation is 2. The first kappa shape index (κ1) is 13.5. The van der Waals surface area contributed by atoms with Gasteiger partial charge in [0.25, 0.3) is 0 Å². The second-order valence-corrected chi connectivity index (χ2v) is 5.06. The number of halogens is 1. The van der Waals surface area contributed by atoms with Crippen molar-refractivity contribution in [3.05, 3.63) is 40.1 Å². The lowest BCUT2D eigenvalue weighted by molar-refractivity contribution is -0.131. The van der Waals surface area contributed by atoms with Crippen molar-refractivity contribution < 1.29 is 9.90 Å². The standard InChI is InChI=1S/C13H12BrN3O2/c1-8-3-9(2)5-10(4-8)12-15-7-17(16-12)6-11(14)13(18)19/h3-7H,1-2H3,(H,18,19)/b11-6+. The Bertz CT molecular complexity index is 641. The van der Waals surface area contributed by atoms with Crippen molar-refractivity contribution in [3.63, 3.8) is 0 Å². The average molecular weight is 322 g/mol. The summed E-state index contributed by atoms with van der Waals surface area (Å²) in [6, 6.07) is 6.05. The van der Waals surface area contributed by atoms with Crippen LogP contribution in [0.1, 0.15) is 11.1 Å². The number of rotatable bonds is 3. The van der Waals surface area contributed by atoms with E-state index in [1.807, 2.05) is 26.0 Å². The number of aromatic nitrogens is 3. The van der Waals surface area contributed by atoms with Crippen molar-refractivity contribution in [1.29, 1.82) is 0 Å². The first-order valence-corrected chi connectivity index (χ1v) is 6.35. The molecule has 98 valence electrons. The molecule has 2 aromatic rings. The fourth-order valence-corrected chi connectivity index (χ4v) is 1.95. The summed E-state index contributed by atoms with van der Waals surface area (Å²) in [5, 5.41) is 13.0. The molecule has 0 amide bonds. The fourth-order valence-electron chi connectivity index (χ4n) is 1.74. The molecule has 0 fully saturated rings. The highest BCUT2D eigenvalue weighted by molar-refractivity contribution is 9.12. The third-order valence-corrected chi connectivity index (χ3v) is 2.98. The summed E-state index contributed by atoms with van der Waals surface area (Å²) in [7, 11) is 0. The van der Waals surface area contributed by atoms with Crippen LogP contribution in [0.2, 0.25) is 0 Å². The number of carbonyl (C=O) groups is 1. The largest absolute Gasteiger partial charge is 0.477 e. The molecule has 0 saturated carbocycles. The van der Waals surface area contributed by atoms with Crippen molar-refractivity contribution in [1.82, 2.24) is 14.8 Å². The molecule has 0 aliphatic heterocycles. The Labute approximate surface area is 118 Å². The van der Waals surface area contributed by atoms with Crippen LogP contribution in [0.3, 0.4) is 0 Å². The number of hydrogen-bond donors (Lipinski definition) is 1. The summed E-state index contributed by atoms with van der Waals surface area (Å²) in [5.41, 5.74) is 3.18. The van der Waals surface area contributed by atoms with Crippen LogP contribution < -0.4 is 0 Å². The van der Waals surface area contributed by atoms with Gasteiger partial charge < -0.3 is 5.11 Å². The first-order valence-electron chi connectivity index (χ1n) is 5.56. The van der Waals surface area contributed by atoms with Gasteiger partial charge in [-0.1, -0.05) is 17.2 Å². The van der Waals surface area contributed by atoms with Crippen molar-refractivity contribution in [2.45, 2.75) is 13.8 Å². The van der Waals surface area contributed by atoms with Gasteiger partial charge in [0, 0.05) is 5.56 Å². The molecule has 6 heteroatoms. The van der Waals surface area contributed by atoms with Crippen molar-refractivity contribution in [2.75, 3.05) is 0 Å². The van der Waals surface area contributed by atoms with E-state index in [1.54, 1.807) is 0 Å². The monoisotopic (exact) mass is 321 g/mol. The van der Waals surface area contributed by atoms with Gasteiger partial charge in [-0.3, -0.25) is 0 Å². The van der Waals surface area contributed by atoms with Gasteiger partial charge in [0.1, 0.15) is 10.8 Å². The smallest absolute Gasteiger partial charge is 0.344 e. The lowest BCUT2D eigenvalue weighted by atomic mass is 10.1. The third kappa shape index (κ3) is 3.29. The maximum atomic E-state index is 10.7. The van der Waals surface area contributed by atoms with Crippen molar-refractivity contribution in [3.8, 4) is 11.4 Å². The van der Waals surface area contributed by atoms with Crippen LogP contribution in [-0.4, -0.2) is 25.8 Å². The summed E-state index contributed by atoms with van der Waals surface area (Å²) in [6.07, 6.45) is 2.82. The molecule has 1 aromatic heterocycles.